The molecule has 42 heavy (non-hydrogen) atoms. The van der Waals surface area contributed by atoms with Gasteiger partial charge in [0.2, 0.25) is 0 Å². The summed E-state index contributed by atoms with van der Waals surface area (Å²) in [6, 6.07) is 14.4. The van der Waals surface area contributed by atoms with Crippen molar-refractivity contribution in [3.8, 4) is 11.1 Å². The molecule has 1 unspecified atom stereocenters. The molecule has 0 fully saturated rings. The van der Waals surface area contributed by atoms with Crippen LogP contribution in [-0.4, -0.2) is 16.6 Å². The van der Waals surface area contributed by atoms with Crippen LogP contribution in [0.4, 0.5) is 0 Å². The van der Waals surface area contributed by atoms with E-state index in [2.05, 4.69) is 83.9 Å². The van der Waals surface area contributed by atoms with Gasteiger partial charge in [-0.2, -0.15) is 0 Å². The highest BCUT2D eigenvalue weighted by atomic mass is 35.5. The molecule has 3 aromatic rings. The number of benzene rings is 2. The third-order valence-electron chi connectivity index (χ3n) is 7.70. The summed E-state index contributed by atoms with van der Waals surface area (Å²) in [5, 5.41) is 1.80. The molecule has 1 aromatic heterocycles. The van der Waals surface area contributed by atoms with Crippen LogP contribution < -0.4 is 0 Å². The molecule has 1 heterocycles. The standard InChI is InChI=1S/C21H22ClNO.C8H18.C7H12O.C2H6/c1-14-20(16-7-5-6-8-18(16)21(2,3)4)17-13-15(22)9-10-19(17)23(14)11-12-24;1-4-7-8(5-2)6-3;1-4-6(3)7(8)5-2;1-2/h5-10,12-13H,11H2,1-4H3;8H,4-7H2,1-3H3;5-6H,2,4H2,1,3H3;1-2H3. The van der Waals surface area contributed by atoms with Gasteiger partial charge in [0.25, 0.3) is 0 Å². The Labute approximate surface area is 262 Å². The Morgan fingerprint density at radius 3 is 2.02 bits per heavy atom. The average molecular weight is 596 g/mol. The number of ketones is 1. The predicted octanol–water partition coefficient (Wildman–Crippen LogP) is 11.8. The van der Waals surface area contributed by atoms with Crippen molar-refractivity contribution in [2.75, 3.05) is 0 Å². The van der Waals surface area contributed by atoms with E-state index in [-0.39, 0.29) is 17.1 Å². The molecule has 3 rings (SSSR count). The first-order valence-corrected chi connectivity index (χ1v) is 16.3. The monoisotopic (exact) mass is 595 g/mol. The molecule has 1 atom stereocenters. The van der Waals surface area contributed by atoms with E-state index in [1.165, 1.54) is 48.4 Å². The van der Waals surface area contributed by atoms with Crippen molar-refractivity contribution >= 4 is 34.6 Å². The van der Waals surface area contributed by atoms with E-state index in [1.807, 2.05) is 45.9 Å². The zero-order valence-corrected chi connectivity index (χ0v) is 29.2. The van der Waals surface area contributed by atoms with E-state index < -0.39 is 0 Å². The summed E-state index contributed by atoms with van der Waals surface area (Å²) in [6.45, 7) is 27.2. The van der Waals surface area contributed by atoms with Crippen LogP contribution in [-0.2, 0) is 21.5 Å². The molecule has 234 valence electrons. The Morgan fingerprint density at radius 1 is 1.00 bits per heavy atom. The van der Waals surface area contributed by atoms with Crippen molar-refractivity contribution in [3.05, 3.63) is 71.4 Å². The molecule has 0 aliphatic carbocycles. The Hall–Kier alpha value is -2.65. The Bertz CT molecular complexity index is 1230. The summed E-state index contributed by atoms with van der Waals surface area (Å²) in [7, 11) is 0. The highest BCUT2D eigenvalue weighted by Crippen LogP contribution is 2.40. The number of aldehydes is 1. The van der Waals surface area contributed by atoms with E-state index in [9.17, 15) is 9.59 Å². The van der Waals surface area contributed by atoms with Gasteiger partial charge >= 0.3 is 0 Å². The third-order valence-corrected chi connectivity index (χ3v) is 7.93. The minimum atomic E-state index is 0.0285. The lowest BCUT2D eigenvalue weighted by molar-refractivity contribution is -0.117. The van der Waals surface area contributed by atoms with Crippen molar-refractivity contribution in [1.29, 1.82) is 0 Å². The van der Waals surface area contributed by atoms with Crippen molar-refractivity contribution in [3.63, 3.8) is 0 Å². The van der Waals surface area contributed by atoms with E-state index in [4.69, 9.17) is 11.6 Å². The summed E-state index contributed by atoms with van der Waals surface area (Å²) >= 11 is 6.27. The number of hydrogen-bond acceptors (Lipinski definition) is 2. The summed E-state index contributed by atoms with van der Waals surface area (Å²) in [5.41, 5.74) is 5.83. The van der Waals surface area contributed by atoms with Gasteiger partial charge in [-0.05, 0) is 60.1 Å². The molecule has 0 spiro atoms. The Balaban J connectivity index is 0.000000771. The second-order valence-corrected chi connectivity index (χ2v) is 12.0. The smallest absolute Gasteiger partial charge is 0.157 e. The van der Waals surface area contributed by atoms with Gasteiger partial charge in [-0.25, -0.2) is 0 Å². The third kappa shape index (κ3) is 11.6. The van der Waals surface area contributed by atoms with Gasteiger partial charge in [0.05, 0.1) is 6.54 Å². The zero-order valence-electron chi connectivity index (χ0n) is 28.4. The van der Waals surface area contributed by atoms with Crippen molar-refractivity contribution in [1.82, 2.24) is 4.57 Å². The molecule has 0 radical (unpaired) electrons. The number of rotatable bonds is 10. The fourth-order valence-electron chi connectivity index (χ4n) is 4.97. The van der Waals surface area contributed by atoms with Crippen LogP contribution in [0.1, 0.15) is 113 Å². The maximum atomic E-state index is 11.2. The predicted molar refractivity (Wildman–Crippen MR) is 187 cm³/mol. The first kappa shape index (κ1) is 39.4. The number of fused-ring (bicyclic) bond motifs is 1. The van der Waals surface area contributed by atoms with Gasteiger partial charge in [-0.15, -0.1) is 0 Å². The van der Waals surface area contributed by atoms with Crippen LogP contribution in [0.15, 0.2) is 55.1 Å². The number of carbonyl (C=O) groups is 2. The molecule has 4 heteroatoms. The number of nitrogens with zero attached hydrogens (tertiary/aromatic N) is 1. The summed E-state index contributed by atoms with van der Waals surface area (Å²) in [6.07, 6.45) is 8.74. The summed E-state index contributed by atoms with van der Waals surface area (Å²) in [5.74, 6) is 1.31. The van der Waals surface area contributed by atoms with Crippen LogP contribution in [0.3, 0.4) is 0 Å². The van der Waals surface area contributed by atoms with Gasteiger partial charge in [-0.1, -0.05) is 137 Å². The van der Waals surface area contributed by atoms with E-state index in [1.54, 1.807) is 0 Å². The van der Waals surface area contributed by atoms with E-state index in [0.717, 1.165) is 35.2 Å². The van der Waals surface area contributed by atoms with Gasteiger partial charge in [0, 0.05) is 33.1 Å². The highest BCUT2D eigenvalue weighted by Gasteiger charge is 2.23. The second kappa shape index (κ2) is 20.3. The minimum absolute atomic E-state index is 0.0285. The van der Waals surface area contributed by atoms with Gasteiger partial charge < -0.3 is 9.36 Å². The van der Waals surface area contributed by atoms with E-state index >= 15 is 0 Å². The number of halogens is 1. The molecule has 0 bridgehead atoms. The first-order valence-electron chi connectivity index (χ1n) is 15.9. The van der Waals surface area contributed by atoms with Crippen molar-refractivity contribution < 1.29 is 9.59 Å². The lowest BCUT2D eigenvalue weighted by Gasteiger charge is -2.23. The highest BCUT2D eigenvalue weighted by molar-refractivity contribution is 6.31. The van der Waals surface area contributed by atoms with Crippen molar-refractivity contribution in [2.24, 2.45) is 11.8 Å². The SMILES string of the molecule is C=CC(=O)C(C)CC.CC.CCCC(CC)CC.Cc1c(-c2ccccc2C(C)(C)C)c2cc(Cl)ccc2n1CC=O. The largest absolute Gasteiger partial charge is 0.337 e. The first-order chi connectivity index (χ1) is 19.9. The van der Waals surface area contributed by atoms with E-state index in [0.29, 0.717) is 11.6 Å². The fraction of sp³-hybridized carbons (Fsp3) is 0.526. The number of carbonyl (C=O) groups excluding carboxylic acids is 2. The number of allylic oxidation sites excluding steroid dienone is 1. The molecule has 0 N–H and O–H groups in total. The summed E-state index contributed by atoms with van der Waals surface area (Å²) in [4.78, 5) is 21.8. The normalized spacial score (nSPS) is 11.4. The van der Waals surface area contributed by atoms with Crippen molar-refractivity contribution in [2.45, 2.75) is 120 Å². The van der Waals surface area contributed by atoms with Gasteiger partial charge in [0.1, 0.15) is 6.29 Å². The molecule has 0 aliphatic rings. The Morgan fingerprint density at radius 2 is 1.60 bits per heavy atom. The average Bonchev–Trinajstić information content (AvgIpc) is 3.26. The van der Waals surface area contributed by atoms with Crippen LogP contribution in [0, 0.1) is 18.8 Å². The van der Waals surface area contributed by atoms with Crippen LogP contribution >= 0.6 is 11.6 Å². The van der Waals surface area contributed by atoms with Gasteiger partial charge in [-0.3, -0.25) is 4.79 Å². The number of hydrogen-bond donors (Lipinski definition) is 0. The molecule has 2 aromatic carbocycles. The number of aromatic nitrogens is 1. The molecule has 0 saturated carbocycles. The molecular weight excluding hydrogens is 538 g/mol. The summed E-state index contributed by atoms with van der Waals surface area (Å²) < 4.78 is 2.06. The van der Waals surface area contributed by atoms with Crippen LogP contribution in [0.5, 0.6) is 0 Å². The maximum absolute atomic E-state index is 11.2. The minimum Gasteiger partial charge on any atom is -0.337 e. The lowest BCUT2D eigenvalue weighted by Crippen LogP contribution is -2.12. The zero-order chi connectivity index (χ0) is 32.5. The van der Waals surface area contributed by atoms with Crippen LogP contribution in [0.2, 0.25) is 5.02 Å². The van der Waals surface area contributed by atoms with Gasteiger partial charge in [0.15, 0.2) is 5.78 Å². The molecule has 0 saturated heterocycles. The molecule has 3 nitrogen and oxygen atoms in total. The molecule has 0 aliphatic heterocycles. The van der Waals surface area contributed by atoms with Crippen LogP contribution in [0.25, 0.3) is 22.0 Å². The lowest BCUT2D eigenvalue weighted by atomic mass is 9.81. The molecule has 0 amide bonds. The Kier molecular flexibility index (Phi) is 19.0. The molecular formula is C38H58ClNO2. The topological polar surface area (TPSA) is 39.1 Å². The quantitative estimate of drug-likeness (QED) is 0.173. The maximum Gasteiger partial charge on any atom is 0.157 e. The fourth-order valence-corrected chi connectivity index (χ4v) is 5.14. The second-order valence-electron chi connectivity index (χ2n) is 11.6.